The van der Waals surface area contributed by atoms with Crippen molar-refractivity contribution in [3.63, 3.8) is 0 Å². The van der Waals surface area contributed by atoms with E-state index in [0.29, 0.717) is 11.9 Å². The van der Waals surface area contributed by atoms with Crippen LogP contribution in [-0.2, 0) is 16.2 Å². The van der Waals surface area contributed by atoms with Gasteiger partial charge in [0, 0.05) is 39.0 Å². The fraction of sp³-hybridized carbons (Fsp3) is 0.134. The zero-order valence-corrected chi connectivity index (χ0v) is 42.9. The molecular weight excluding hydrogens is 917 g/mol. The van der Waals surface area contributed by atoms with Crippen molar-refractivity contribution in [3.8, 4) is 33.4 Å². The largest absolute Gasteiger partial charge is 0.279 e. The van der Waals surface area contributed by atoms with Crippen LogP contribution in [0.3, 0.4) is 0 Å². The quantitative estimate of drug-likeness (QED) is 0.125. The minimum atomic E-state index is -0.218. The second kappa shape index (κ2) is 17.5. The molecule has 0 unspecified atom stereocenters. The van der Waals surface area contributed by atoms with Crippen LogP contribution in [0.1, 0.15) is 97.2 Å². The number of benzene rings is 8. The number of fused-ring (bicyclic) bond motifs is 9. The average Bonchev–Trinajstić information content (AvgIpc) is 4.05. The van der Waals surface area contributed by atoms with Crippen molar-refractivity contribution in [2.24, 2.45) is 0 Å². The van der Waals surface area contributed by atoms with Crippen LogP contribution in [-0.4, -0.2) is 29.9 Å². The molecule has 0 radical (unpaired) electrons. The van der Waals surface area contributed by atoms with Gasteiger partial charge >= 0.3 is 0 Å². The first-order chi connectivity index (χ1) is 36.4. The third-order valence-corrected chi connectivity index (χ3v) is 15.9. The van der Waals surface area contributed by atoms with Gasteiger partial charge in [0.1, 0.15) is 25.3 Å². The Morgan fingerprint density at radius 3 is 0.853 bits per heavy atom. The highest BCUT2D eigenvalue weighted by molar-refractivity contribution is 5.89. The predicted octanol–water partition coefficient (Wildman–Crippen LogP) is 16.3. The number of nitrogens with zero attached hydrogens (tertiary/aromatic N) is 8. The first-order valence-corrected chi connectivity index (χ1v) is 25.6. The molecule has 0 N–H and O–H groups in total. The molecule has 75 heavy (non-hydrogen) atoms. The molecule has 8 heteroatoms. The molecule has 2 aromatic heterocycles. The third-order valence-electron chi connectivity index (χ3n) is 15.9. The molecule has 0 spiro atoms. The van der Waals surface area contributed by atoms with Crippen molar-refractivity contribution in [1.29, 1.82) is 0 Å². The molecule has 0 bridgehead atoms. The summed E-state index contributed by atoms with van der Waals surface area (Å²) in [7, 11) is 0. The van der Waals surface area contributed by atoms with Crippen molar-refractivity contribution < 1.29 is 0 Å². The minimum Gasteiger partial charge on any atom is -0.279 e. The highest BCUT2D eigenvalue weighted by Gasteiger charge is 2.39. The van der Waals surface area contributed by atoms with Crippen LogP contribution in [0.25, 0.3) is 57.7 Å². The smallest absolute Gasteiger partial charge is 0.237 e. The van der Waals surface area contributed by atoms with Gasteiger partial charge in [-0.05, 0) is 138 Å². The van der Waals surface area contributed by atoms with Gasteiger partial charge in [-0.3, -0.25) is 9.80 Å². The highest BCUT2D eigenvalue weighted by Crippen LogP contribution is 2.53. The van der Waals surface area contributed by atoms with Crippen molar-refractivity contribution in [2.75, 3.05) is 9.80 Å². The van der Waals surface area contributed by atoms with Crippen LogP contribution in [0, 0.1) is 0 Å². The van der Waals surface area contributed by atoms with E-state index in [-0.39, 0.29) is 16.2 Å². The van der Waals surface area contributed by atoms with Gasteiger partial charge < -0.3 is 0 Å². The summed E-state index contributed by atoms with van der Waals surface area (Å²) in [5.74, 6) is 1.16. The Morgan fingerprint density at radius 2 is 0.560 bits per heavy atom. The summed E-state index contributed by atoms with van der Waals surface area (Å²) in [5.41, 5.74) is 23.7. The lowest BCUT2D eigenvalue weighted by molar-refractivity contribution is 0.660. The summed E-state index contributed by atoms with van der Waals surface area (Å²) in [5, 5.41) is 0. The number of rotatable bonds is 10. The second-order valence-electron chi connectivity index (χ2n) is 21.4. The van der Waals surface area contributed by atoms with E-state index in [4.69, 9.17) is 0 Å². The minimum absolute atomic E-state index is 0.165. The van der Waals surface area contributed by atoms with Gasteiger partial charge in [0.05, 0.1) is 0 Å². The van der Waals surface area contributed by atoms with Crippen LogP contribution in [0.15, 0.2) is 195 Å². The van der Waals surface area contributed by atoms with Crippen molar-refractivity contribution in [2.45, 2.75) is 57.8 Å². The fourth-order valence-electron chi connectivity index (χ4n) is 11.9. The van der Waals surface area contributed by atoms with Crippen LogP contribution < -0.4 is 9.80 Å². The molecule has 0 atom stereocenters. The average molecular weight is 971 g/mol. The molecule has 0 fully saturated rings. The number of para-hydroxylation sites is 2. The lowest BCUT2D eigenvalue weighted by atomic mass is 9.81. The van der Waals surface area contributed by atoms with E-state index in [2.05, 4.69) is 239 Å². The van der Waals surface area contributed by atoms with Gasteiger partial charge in [-0.25, -0.2) is 29.9 Å². The Balaban J connectivity index is 0.731. The van der Waals surface area contributed by atoms with Crippen molar-refractivity contribution in [3.05, 3.63) is 251 Å². The van der Waals surface area contributed by atoms with Gasteiger partial charge in [-0.15, -0.1) is 0 Å². The molecule has 10 aromatic rings. The van der Waals surface area contributed by atoms with E-state index in [1.54, 1.807) is 25.3 Å². The van der Waals surface area contributed by atoms with Crippen LogP contribution >= 0.6 is 0 Å². The number of hydrogen-bond acceptors (Lipinski definition) is 8. The SMILES string of the molecule is CC1(C)c2cc(/C=C/c3ccc4c(c3)C(C)(C)c3cc(N(c5ccccc5)c5ncncn5)ccc3-4)ccc2-c2ccc(/C=C/c3ccc4c(c3)C(C)(C)c3cc(N(c5ccccc5)c5ncncn5)ccc3-4)cc21. The van der Waals surface area contributed by atoms with Gasteiger partial charge in [-0.2, -0.15) is 0 Å². The molecule has 8 aromatic carbocycles. The zero-order valence-electron chi connectivity index (χ0n) is 42.9. The molecular formula is C67H54N8. The summed E-state index contributed by atoms with van der Waals surface area (Å²) in [6.45, 7) is 14.0. The molecule has 0 saturated heterocycles. The maximum atomic E-state index is 4.54. The van der Waals surface area contributed by atoms with E-state index >= 15 is 0 Å². The van der Waals surface area contributed by atoms with E-state index in [1.165, 1.54) is 89.0 Å². The number of hydrogen-bond donors (Lipinski definition) is 0. The predicted molar refractivity (Wildman–Crippen MR) is 306 cm³/mol. The monoisotopic (exact) mass is 970 g/mol. The maximum Gasteiger partial charge on any atom is 0.237 e. The zero-order chi connectivity index (χ0) is 51.1. The number of aromatic nitrogens is 6. The van der Waals surface area contributed by atoms with Gasteiger partial charge in [-0.1, -0.05) is 187 Å². The van der Waals surface area contributed by atoms with Crippen LogP contribution in [0.2, 0.25) is 0 Å². The first kappa shape index (κ1) is 45.7. The van der Waals surface area contributed by atoms with E-state index in [0.717, 1.165) is 22.7 Å². The molecule has 0 saturated carbocycles. The van der Waals surface area contributed by atoms with Crippen LogP contribution in [0.4, 0.5) is 34.6 Å². The lowest BCUT2D eigenvalue weighted by Crippen LogP contribution is -2.17. The topological polar surface area (TPSA) is 83.8 Å². The Hall–Kier alpha value is -9.14. The molecule has 8 nitrogen and oxygen atoms in total. The fourth-order valence-corrected chi connectivity index (χ4v) is 11.9. The molecule has 0 aliphatic heterocycles. The second-order valence-corrected chi connectivity index (χ2v) is 21.4. The Kier molecular flexibility index (Phi) is 10.7. The van der Waals surface area contributed by atoms with E-state index < -0.39 is 0 Å². The van der Waals surface area contributed by atoms with Gasteiger partial charge in [0.15, 0.2) is 0 Å². The molecule has 2 heterocycles. The highest BCUT2D eigenvalue weighted by atomic mass is 15.3. The third kappa shape index (κ3) is 7.66. The summed E-state index contributed by atoms with van der Waals surface area (Å²) in [4.78, 5) is 30.5. The standard InChI is InChI=1S/C67H54N8/c1-65(2)57-33-43(17-19-45-23-29-53-55-31-25-49(37-61(55)66(3,4)59(53)35-45)74(47-13-9-7-10-14-47)63-70-39-68-40-71-63)21-27-51(57)52-28-22-44(34-58(52)65)18-20-46-24-30-54-56-32-26-50(38-62(56)67(5,6)60(54)36-46)75(48-15-11-8-12-16-48)64-72-41-69-42-73-64/h7-42H,1-6H3/b19-17+,20-18+. The molecule has 13 rings (SSSR count). The van der Waals surface area contributed by atoms with E-state index in [1.807, 2.05) is 36.4 Å². The Bertz CT molecular complexity index is 3580. The van der Waals surface area contributed by atoms with Crippen molar-refractivity contribution in [1.82, 2.24) is 29.9 Å². The van der Waals surface area contributed by atoms with Crippen molar-refractivity contribution >= 4 is 59.0 Å². The first-order valence-electron chi connectivity index (χ1n) is 25.6. The number of anilines is 6. The summed E-state index contributed by atoms with van der Waals surface area (Å²) >= 11 is 0. The molecule has 3 aliphatic rings. The Labute approximate surface area is 438 Å². The van der Waals surface area contributed by atoms with E-state index in [9.17, 15) is 0 Å². The van der Waals surface area contributed by atoms with Gasteiger partial charge in [0.2, 0.25) is 11.9 Å². The van der Waals surface area contributed by atoms with Gasteiger partial charge in [0.25, 0.3) is 0 Å². The summed E-state index contributed by atoms with van der Waals surface area (Å²) in [6, 6.07) is 61.7. The molecule has 362 valence electrons. The lowest BCUT2D eigenvalue weighted by Gasteiger charge is -2.26. The van der Waals surface area contributed by atoms with Crippen LogP contribution in [0.5, 0.6) is 0 Å². The molecule has 3 aliphatic carbocycles. The molecule has 0 amide bonds. The summed E-state index contributed by atoms with van der Waals surface area (Å²) < 4.78 is 0. The summed E-state index contributed by atoms with van der Waals surface area (Å²) in [6.07, 6.45) is 15.2. The maximum absolute atomic E-state index is 4.54. The Morgan fingerprint density at radius 1 is 0.293 bits per heavy atom. The normalized spacial score (nSPS) is 14.7.